The second kappa shape index (κ2) is 10.4. The summed E-state index contributed by atoms with van der Waals surface area (Å²) in [7, 11) is 1.59. The Labute approximate surface area is 217 Å². The maximum absolute atomic E-state index is 12.7. The summed E-state index contributed by atoms with van der Waals surface area (Å²) in [6.07, 6.45) is 3.08. The summed E-state index contributed by atoms with van der Waals surface area (Å²) in [5.41, 5.74) is -1.34. The Morgan fingerprint density at radius 3 is 2.11 bits per heavy atom. The van der Waals surface area contributed by atoms with Gasteiger partial charge in [0.2, 0.25) is 0 Å². The van der Waals surface area contributed by atoms with Gasteiger partial charge in [0.05, 0.1) is 19.1 Å². The summed E-state index contributed by atoms with van der Waals surface area (Å²) >= 11 is 0. The van der Waals surface area contributed by atoms with Crippen LogP contribution in [0.25, 0.3) is 5.69 Å². The van der Waals surface area contributed by atoms with Gasteiger partial charge in [0.15, 0.2) is 0 Å². The Balaban J connectivity index is 1.69. The predicted molar refractivity (Wildman–Crippen MR) is 136 cm³/mol. The molecule has 0 bridgehead atoms. The first-order valence-corrected chi connectivity index (χ1v) is 12.3. The molecule has 1 aromatic carbocycles. The largest absolute Gasteiger partial charge is 0.497 e. The van der Waals surface area contributed by atoms with Crippen LogP contribution in [0.5, 0.6) is 5.75 Å². The van der Waals surface area contributed by atoms with Crippen LogP contribution in [-0.2, 0) is 19.7 Å². The fourth-order valence-corrected chi connectivity index (χ4v) is 4.20. The Morgan fingerprint density at radius 1 is 1.05 bits per heavy atom. The number of ether oxygens (including phenoxy) is 3. The minimum Gasteiger partial charge on any atom is -0.497 e. The molecule has 0 unspecified atom stereocenters. The number of aliphatic carboxylic acids is 1. The molecule has 0 aliphatic heterocycles. The van der Waals surface area contributed by atoms with Crippen molar-refractivity contribution in [2.24, 2.45) is 5.92 Å². The van der Waals surface area contributed by atoms with Gasteiger partial charge >= 0.3 is 18.2 Å². The summed E-state index contributed by atoms with van der Waals surface area (Å²) in [4.78, 5) is 43.1. The molecule has 2 amide bonds. The number of rotatable bonds is 8. The zero-order valence-electron chi connectivity index (χ0n) is 22.6. The van der Waals surface area contributed by atoms with Gasteiger partial charge in [-0.25, -0.2) is 19.5 Å². The second-order valence-electron chi connectivity index (χ2n) is 11.3. The van der Waals surface area contributed by atoms with Gasteiger partial charge in [0.25, 0.3) is 0 Å². The number of nitrogens with zero attached hydrogens (tertiary/aromatic N) is 3. The van der Waals surface area contributed by atoms with Crippen molar-refractivity contribution in [1.82, 2.24) is 14.5 Å². The highest BCUT2D eigenvalue weighted by atomic mass is 16.6. The molecule has 1 fully saturated rings. The molecule has 2 aromatic rings. The highest BCUT2D eigenvalue weighted by Crippen LogP contribution is 2.56. The van der Waals surface area contributed by atoms with E-state index in [-0.39, 0.29) is 12.5 Å². The minimum atomic E-state index is -1.10. The first-order valence-electron chi connectivity index (χ1n) is 12.3. The maximum atomic E-state index is 12.7. The average Bonchev–Trinajstić information content (AvgIpc) is 3.30. The van der Waals surface area contributed by atoms with E-state index in [0.29, 0.717) is 25.0 Å². The summed E-state index contributed by atoms with van der Waals surface area (Å²) in [6, 6.07) is 7.38. The Bertz CT molecular complexity index is 1100. The third-order valence-corrected chi connectivity index (χ3v) is 6.06. The number of aromatic nitrogens is 2. The Kier molecular flexibility index (Phi) is 7.90. The number of methoxy groups -OCH3 is 1. The summed E-state index contributed by atoms with van der Waals surface area (Å²) in [6.45, 7) is 10.4. The number of carboxylic acid groups (broad SMARTS) is 1. The van der Waals surface area contributed by atoms with Crippen molar-refractivity contribution >= 4 is 18.2 Å². The van der Waals surface area contributed by atoms with E-state index in [1.54, 1.807) is 65.7 Å². The van der Waals surface area contributed by atoms with E-state index < -0.39 is 34.8 Å². The lowest BCUT2D eigenvalue weighted by atomic mass is 9.97. The molecule has 10 nitrogen and oxygen atoms in total. The number of imide groups is 1. The first kappa shape index (κ1) is 28.0. The molecule has 3 rings (SSSR count). The van der Waals surface area contributed by atoms with Crippen molar-refractivity contribution < 1.29 is 33.7 Å². The van der Waals surface area contributed by atoms with Crippen molar-refractivity contribution in [3.63, 3.8) is 0 Å². The lowest BCUT2D eigenvalue weighted by Gasteiger charge is -2.28. The van der Waals surface area contributed by atoms with Crippen LogP contribution in [0.2, 0.25) is 0 Å². The van der Waals surface area contributed by atoms with E-state index in [2.05, 4.69) is 4.98 Å². The molecule has 1 aromatic heterocycles. The molecule has 1 N–H and O–H groups in total. The lowest BCUT2D eigenvalue weighted by Crippen LogP contribution is -2.44. The van der Waals surface area contributed by atoms with Crippen molar-refractivity contribution in [2.45, 2.75) is 77.4 Å². The molecule has 1 aliphatic carbocycles. The van der Waals surface area contributed by atoms with Gasteiger partial charge in [-0.1, -0.05) is 0 Å². The van der Waals surface area contributed by atoms with Gasteiger partial charge in [0, 0.05) is 18.4 Å². The number of carboxylic acids is 1. The summed E-state index contributed by atoms with van der Waals surface area (Å²) in [5.74, 6) is -0.392. The van der Waals surface area contributed by atoms with E-state index in [4.69, 9.17) is 14.2 Å². The lowest BCUT2D eigenvalue weighted by molar-refractivity contribution is -0.140. The van der Waals surface area contributed by atoms with Gasteiger partial charge in [-0.2, -0.15) is 0 Å². The monoisotopic (exact) mass is 515 g/mol. The van der Waals surface area contributed by atoms with Crippen LogP contribution >= 0.6 is 0 Å². The van der Waals surface area contributed by atoms with Crippen LogP contribution in [0.3, 0.4) is 0 Å². The number of amides is 2. The minimum absolute atomic E-state index is 0.0519. The number of carbonyl (C=O) groups is 3. The average molecular weight is 516 g/mol. The quantitative estimate of drug-likeness (QED) is 0.511. The first-order chi connectivity index (χ1) is 17.2. The number of hydrogen-bond donors (Lipinski definition) is 1. The topological polar surface area (TPSA) is 120 Å². The molecule has 1 heterocycles. The second-order valence-corrected chi connectivity index (χ2v) is 11.3. The predicted octanol–water partition coefficient (Wildman–Crippen LogP) is 5.18. The SMILES string of the molecule is COc1ccc(-n2cnc([C@@]3(C(=O)O)C[C@@H]3CCCN(C(=O)OC(C)(C)C)C(=O)OC(C)(C)C)c2)cc1. The van der Waals surface area contributed by atoms with Crippen LogP contribution in [-0.4, -0.2) is 62.6 Å². The zero-order chi connectivity index (χ0) is 27.6. The molecule has 0 spiro atoms. The fourth-order valence-electron chi connectivity index (χ4n) is 4.20. The molecular weight excluding hydrogens is 478 g/mol. The maximum Gasteiger partial charge on any atom is 0.419 e. The van der Waals surface area contributed by atoms with Crippen molar-refractivity contribution in [2.75, 3.05) is 13.7 Å². The Hall–Kier alpha value is -3.56. The molecule has 0 radical (unpaired) electrons. The number of carbonyl (C=O) groups excluding carboxylic acids is 2. The molecule has 202 valence electrons. The third kappa shape index (κ3) is 6.81. The summed E-state index contributed by atoms with van der Waals surface area (Å²) < 4.78 is 17.7. The van der Waals surface area contributed by atoms with Gasteiger partial charge < -0.3 is 23.9 Å². The molecule has 10 heteroatoms. The fraction of sp³-hybridized carbons (Fsp3) is 0.556. The van der Waals surface area contributed by atoms with Crippen LogP contribution < -0.4 is 4.74 Å². The molecule has 1 saturated carbocycles. The van der Waals surface area contributed by atoms with E-state index >= 15 is 0 Å². The normalized spacial score (nSPS) is 19.2. The van der Waals surface area contributed by atoms with Gasteiger partial charge in [0.1, 0.15) is 22.4 Å². The van der Waals surface area contributed by atoms with Gasteiger partial charge in [-0.15, -0.1) is 0 Å². The van der Waals surface area contributed by atoms with E-state index in [9.17, 15) is 19.5 Å². The highest BCUT2D eigenvalue weighted by molar-refractivity contribution is 5.88. The standard InChI is InChI=1S/C27H37N3O7/c1-25(2,3)36-23(33)30(24(34)37-26(4,5)6)14-8-9-18-15-27(18,22(31)32)21-16-29(17-28-21)19-10-12-20(35-7)13-11-19/h10-13,16-18H,8-9,14-15H2,1-7H3,(H,31,32)/t18-,27+/m0/s1. The molecule has 2 atom stereocenters. The van der Waals surface area contributed by atoms with Crippen LogP contribution in [0, 0.1) is 5.92 Å². The van der Waals surface area contributed by atoms with Crippen LogP contribution in [0.4, 0.5) is 9.59 Å². The molecule has 0 saturated heterocycles. The smallest absolute Gasteiger partial charge is 0.419 e. The van der Waals surface area contributed by atoms with Gasteiger partial charge in [-0.3, -0.25) is 4.79 Å². The molecule has 1 aliphatic rings. The van der Waals surface area contributed by atoms with Gasteiger partial charge in [-0.05, 0) is 91.0 Å². The molecule has 37 heavy (non-hydrogen) atoms. The highest BCUT2D eigenvalue weighted by Gasteiger charge is 2.62. The van der Waals surface area contributed by atoms with Crippen LogP contribution in [0.15, 0.2) is 36.8 Å². The van der Waals surface area contributed by atoms with E-state index in [1.807, 2.05) is 24.3 Å². The van der Waals surface area contributed by atoms with Crippen molar-refractivity contribution in [1.29, 1.82) is 0 Å². The summed E-state index contributed by atoms with van der Waals surface area (Å²) in [5, 5.41) is 10.1. The number of hydrogen-bond acceptors (Lipinski definition) is 7. The van der Waals surface area contributed by atoms with Crippen molar-refractivity contribution in [3.8, 4) is 11.4 Å². The zero-order valence-corrected chi connectivity index (χ0v) is 22.6. The molecular formula is C27H37N3O7. The van der Waals surface area contributed by atoms with Crippen LogP contribution in [0.1, 0.15) is 66.5 Å². The number of imidazole rings is 1. The number of benzene rings is 1. The Morgan fingerprint density at radius 2 is 1.62 bits per heavy atom. The van der Waals surface area contributed by atoms with E-state index in [0.717, 1.165) is 16.3 Å². The third-order valence-electron chi connectivity index (χ3n) is 6.06. The van der Waals surface area contributed by atoms with Crippen molar-refractivity contribution in [3.05, 3.63) is 42.5 Å². The van der Waals surface area contributed by atoms with E-state index in [1.165, 1.54) is 0 Å².